The zero-order chi connectivity index (χ0) is 15.7. The molecule has 1 N–H and O–H groups in total. The first kappa shape index (κ1) is 14.5. The van der Waals surface area contributed by atoms with Crippen LogP contribution >= 0.6 is 11.3 Å². The zero-order valence-electron chi connectivity index (χ0n) is 12.5. The molecule has 6 heteroatoms. The number of hydrogen-bond donors (Lipinski definition) is 1. The van der Waals surface area contributed by atoms with Gasteiger partial charge in [-0.25, -0.2) is 0 Å². The summed E-state index contributed by atoms with van der Waals surface area (Å²) in [6.07, 6.45) is 1.40. The van der Waals surface area contributed by atoms with Crippen LogP contribution in [0.2, 0.25) is 0 Å². The molecule has 0 unspecified atom stereocenters. The SMILES string of the molecule is O=C(Nc1ccc2c(c1)OCO2)C1(c2cccs2)CCOCC1. The molecule has 0 spiro atoms. The normalized spacial score (nSPS) is 18.6. The van der Waals surface area contributed by atoms with Gasteiger partial charge in [0.25, 0.3) is 0 Å². The van der Waals surface area contributed by atoms with Gasteiger partial charge in [-0.05, 0) is 36.4 Å². The summed E-state index contributed by atoms with van der Waals surface area (Å²) in [6, 6.07) is 9.49. The van der Waals surface area contributed by atoms with Gasteiger partial charge in [-0.15, -0.1) is 11.3 Å². The van der Waals surface area contributed by atoms with E-state index in [1.54, 1.807) is 11.3 Å². The van der Waals surface area contributed by atoms with Crippen molar-refractivity contribution >= 4 is 22.9 Å². The van der Waals surface area contributed by atoms with Crippen LogP contribution in [0.5, 0.6) is 11.5 Å². The molecule has 0 atom stereocenters. The van der Waals surface area contributed by atoms with Gasteiger partial charge < -0.3 is 19.5 Å². The molecule has 3 heterocycles. The molecule has 0 aliphatic carbocycles. The minimum atomic E-state index is -0.511. The summed E-state index contributed by atoms with van der Waals surface area (Å²) in [6.45, 7) is 1.43. The lowest BCUT2D eigenvalue weighted by Crippen LogP contribution is -2.44. The Hall–Kier alpha value is -2.05. The van der Waals surface area contributed by atoms with Crippen LogP contribution < -0.4 is 14.8 Å². The van der Waals surface area contributed by atoms with E-state index in [1.807, 2.05) is 35.7 Å². The molecule has 2 aliphatic rings. The number of carbonyl (C=O) groups excluding carboxylic acids is 1. The number of fused-ring (bicyclic) bond motifs is 1. The van der Waals surface area contributed by atoms with Gasteiger partial charge >= 0.3 is 0 Å². The van der Waals surface area contributed by atoms with Gasteiger partial charge in [0.05, 0.1) is 5.41 Å². The largest absolute Gasteiger partial charge is 0.454 e. The molecule has 4 rings (SSSR count). The minimum absolute atomic E-state index is 0.0158. The topological polar surface area (TPSA) is 56.8 Å². The van der Waals surface area contributed by atoms with E-state index in [4.69, 9.17) is 14.2 Å². The van der Waals surface area contributed by atoms with Crippen LogP contribution in [-0.4, -0.2) is 25.9 Å². The summed E-state index contributed by atoms with van der Waals surface area (Å²) in [7, 11) is 0. The predicted molar refractivity (Wildman–Crippen MR) is 87.2 cm³/mol. The van der Waals surface area contributed by atoms with E-state index in [1.165, 1.54) is 0 Å². The molecule has 0 bridgehead atoms. The van der Waals surface area contributed by atoms with Crippen molar-refractivity contribution in [1.82, 2.24) is 0 Å². The molecule has 1 saturated heterocycles. The number of hydrogen-bond acceptors (Lipinski definition) is 5. The standard InChI is InChI=1S/C17H17NO4S/c19-16(18-12-3-4-13-14(10-12)22-11-21-13)17(5-7-20-8-6-17)15-2-1-9-23-15/h1-4,9-10H,5-8,11H2,(H,18,19). The summed E-state index contributed by atoms with van der Waals surface area (Å²) >= 11 is 1.63. The lowest BCUT2D eigenvalue weighted by molar-refractivity contribution is -0.125. The lowest BCUT2D eigenvalue weighted by Gasteiger charge is -2.35. The van der Waals surface area contributed by atoms with Gasteiger partial charge in [-0.2, -0.15) is 0 Å². The molecule has 1 aromatic carbocycles. The predicted octanol–water partition coefficient (Wildman–Crippen LogP) is 3.16. The molecular formula is C17H17NO4S. The van der Waals surface area contributed by atoms with E-state index in [9.17, 15) is 4.79 Å². The third-order valence-corrected chi connectivity index (χ3v) is 5.48. The number of amides is 1. The van der Waals surface area contributed by atoms with Crippen molar-refractivity contribution in [3.05, 3.63) is 40.6 Å². The second-order valence-electron chi connectivity index (χ2n) is 5.69. The minimum Gasteiger partial charge on any atom is -0.454 e. The summed E-state index contributed by atoms with van der Waals surface area (Å²) in [5.74, 6) is 1.39. The quantitative estimate of drug-likeness (QED) is 0.938. The van der Waals surface area contributed by atoms with E-state index in [0.717, 1.165) is 10.6 Å². The monoisotopic (exact) mass is 331 g/mol. The van der Waals surface area contributed by atoms with E-state index >= 15 is 0 Å². The Bertz CT molecular complexity index is 707. The van der Waals surface area contributed by atoms with Gasteiger partial charge in [0, 0.05) is 29.8 Å². The van der Waals surface area contributed by atoms with Crippen molar-refractivity contribution in [2.75, 3.05) is 25.3 Å². The summed E-state index contributed by atoms with van der Waals surface area (Å²) in [5.41, 5.74) is 0.213. The third-order valence-electron chi connectivity index (χ3n) is 4.40. The molecular weight excluding hydrogens is 314 g/mol. The van der Waals surface area contributed by atoms with E-state index in [2.05, 4.69) is 5.32 Å². The highest BCUT2D eigenvalue weighted by Gasteiger charge is 2.42. The Balaban J connectivity index is 1.61. The highest BCUT2D eigenvalue weighted by molar-refractivity contribution is 7.10. The molecule has 120 valence electrons. The number of rotatable bonds is 3. The molecule has 1 amide bonds. The highest BCUT2D eigenvalue weighted by Crippen LogP contribution is 2.40. The molecule has 2 aromatic rings. The second kappa shape index (κ2) is 5.86. The van der Waals surface area contributed by atoms with Crippen LogP contribution in [-0.2, 0) is 14.9 Å². The number of carbonyl (C=O) groups is 1. The fourth-order valence-electron chi connectivity index (χ4n) is 3.08. The van der Waals surface area contributed by atoms with Crippen molar-refractivity contribution in [2.45, 2.75) is 18.3 Å². The van der Waals surface area contributed by atoms with Crippen molar-refractivity contribution in [3.8, 4) is 11.5 Å². The van der Waals surface area contributed by atoms with E-state index in [-0.39, 0.29) is 12.7 Å². The van der Waals surface area contributed by atoms with Crippen LogP contribution in [0.4, 0.5) is 5.69 Å². The summed E-state index contributed by atoms with van der Waals surface area (Å²) in [4.78, 5) is 14.2. The fourth-order valence-corrected chi connectivity index (χ4v) is 4.06. The van der Waals surface area contributed by atoms with Crippen molar-refractivity contribution in [3.63, 3.8) is 0 Å². The van der Waals surface area contributed by atoms with Gasteiger partial charge in [-0.1, -0.05) is 6.07 Å². The molecule has 0 saturated carbocycles. The number of benzene rings is 1. The second-order valence-corrected chi connectivity index (χ2v) is 6.64. The van der Waals surface area contributed by atoms with Gasteiger partial charge in [0.2, 0.25) is 12.7 Å². The molecule has 1 aromatic heterocycles. The summed E-state index contributed by atoms with van der Waals surface area (Å²) < 4.78 is 16.1. The Morgan fingerprint density at radius 1 is 1.13 bits per heavy atom. The fraction of sp³-hybridized carbons (Fsp3) is 0.353. The number of ether oxygens (including phenoxy) is 3. The first-order chi connectivity index (χ1) is 11.3. The average molecular weight is 331 g/mol. The van der Waals surface area contributed by atoms with Crippen LogP contribution in [0.3, 0.4) is 0 Å². The van der Waals surface area contributed by atoms with Crippen molar-refractivity contribution in [2.24, 2.45) is 0 Å². The first-order valence-corrected chi connectivity index (χ1v) is 8.49. The number of nitrogens with one attached hydrogen (secondary N) is 1. The van der Waals surface area contributed by atoms with Crippen LogP contribution in [0.1, 0.15) is 17.7 Å². The molecule has 1 fully saturated rings. The third kappa shape index (κ3) is 2.58. The van der Waals surface area contributed by atoms with Gasteiger partial charge in [0.1, 0.15) is 0 Å². The smallest absolute Gasteiger partial charge is 0.236 e. The van der Waals surface area contributed by atoms with Crippen LogP contribution in [0, 0.1) is 0 Å². The first-order valence-electron chi connectivity index (χ1n) is 7.61. The Kier molecular flexibility index (Phi) is 3.71. The van der Waals surface area contributed by atoms with Crippen LogP contribution in [0.15, 0.2) is 35.7 Å². The van der Waals surface area contributed by atoms with Gasteiger partial charge in [-0.3, -0.25) is 4.79 Å². The van der Waals surface area contributed by atoms with E-state index < -0.39 is 5.41 Å². The summed E-state index contributed by atoms with van der Waals surface area (Å²) in [5, 5.41) is 5.06. The number of anilines is 1. The maximum absolute atomic E-state index is 13.1. The molecule has 23 heavy (non-hydrogen) atoms. The molecule has 0 radical (unpaired) electrons. The van der Waals surface area contributed by atoms with Gasteiger partial charge in [0.15, 0.2) is 11.5 Å². The highest BCUT2D eigenvalue weighted by atomic mass is 32.1. The number of thiophene rings is 1. The maximum Gasteiger partial charge on any atom is 0.236 e. The van der Waals surface area contributed by atoms with E-state index in [0.29, 0.717) is 37.6 Å². The zero-order valence-corrected chi connectivity index (χ0v) is 13.4. The Labute approximate surface area is 138 Å². The molecule has 2 aliphatic heterocycles. The Morgan fingerprint density at radius 3 is 2.74 bits per heavy atom. The average Bonchev–Trinajstić information content (AvgIpc) is 3.27. The van der Waals surface area contributed by atoms with Crippen molar-refractivity contribution < 1.29 is 19.0 Å². The molecule has 5 nitrogen and oxygen atoms in total. The van der Waals surface area contributed by atoms with Crippen LogP contribution in [0.25, 0.3) is 0 Å². The Morgan fingerprint density at radius 2 is 1.96 bits per heavy atom. The lowest BCUT2D eigenvalue weighted by atomic mass is 9.78. The van der Waals surface area contributed by atoms with Crippen molar-refractivity contribution in [1.29, 1.82) is 0 Å². The maximum atomic E-state index is 13.1.